The van der Waals surface area contributed by atoms with Crippen LogP contribution in [0, 0.1) is 0 Å². The molecular weight excluding hydrogens is 250 g/mol. The first-order valence-corrected chi connectivity index (χ1v) is 5.91. The zero-order valence-corrected chi connectivity index (χ0v) is 9.55. The topological polar surface area (TPSA) is 107 Å². The molecule has 0 spiro atoms. The molecule has 0 aliphatic heterocycles. The van der Waals surface area contributed by atoms with E-state index in [9.17, 15) is 4.79 Å². The van der Waals surface area contributed by atoms with Crippen LogP contribution in [0.1, 0.15) is 16.2 Å². The van der Waals surface area contributed by atoms with Gasteiger partial charge in [-0.1, -0.05) is 16.9 Å². The smallest absolute Gasteiger partial charge is 0.287 e. The number of rotatable bonds is 4. The number of hydrogen-bond acceptors (Lipinski definition) is 8. The minimum Gasteiger partial charge on any atom is -0.360 e. The molecule has 7 nitrogen and oxygen atoms in total. The average molecular weight is 257 g/mol. The molecule has 0 saturated heterocycles. The molecular formula is C7H7N5O2S2. The van der Waals surface area contributed by atoms with Crippen LogP contribution in [-0.2, 0) is 5.75 Å². The van der Waals surface area contributed by atoms with Gasteiger partial charge < -0.3 is 4.52 Å². The van der Waals surface area contributed by atoms with Crippen molar-refractivity contribution in [1.82, 2.24) is 19.9 Å². The molecule has 2 heterocycles. The molecule has 0 unspecified atom stereocenters. The largest absolute Gasteiger partial charge is 0.360 e. The second kappa shape index (κ2) is 5.05. The Labute approximate surface area is 98.5 Å². The summed E-state index contributed by atoms with van der Waals surface area (Å²) >= 11 is 2.76. The van der Waals surface area contributed by atoms with Gasteiger partial charge in [-0.05, 0) is 11.5 Å². The highest BCUT2D eigenvalue weighted by atomic mass is 32.2. The SMILES string of the molecule is NNC(=O)c1cc(CSc2ncns2)on1. The molecule has 0 fully saturated rings. The van der Waals surface area contributed by atoms with E-state index < -0.39 is 5.91 Å². The normalized spacial score (nSPS) is 10.3. The fourth-order valence-corrected chi connectivity index (χ4v) is 2.24. The molecule has 2 rings (SSSR count). The maximum absolute atomic E-state index is 11.1. The van der Waals surface area contributed by atoms with E-state index in [1.807, 2.05) is 5.43 Å². The highest BCUT2D eigenvalue weighted by Crippen LogP contribution is 2.23. The summed E-state index contributed by atoms with van der Waals surface area (Å²) in [5.74, 6) is 5.61. The molecule has 2 aromatic heterocycles. The van der Waals surface area contributed by atoms with Gasteiger partial charge in [0.25, 0.3) is 5.91 Å². The minimum absolute atomic E-state index is 0.162. The molecule has 16 heavy (non-hydrogen) atoms. The number of thioether (sulfide) groups is 1. The first-order valence-electron chi connectivity index (χ1n) is 4.15. The summed E-state index contributed by atoms with van der Waals surface area (Å²) in [5, 5.41) is 3.57. The first kappa shape index (κ1) is 11.0. The quantitative estimate of drug-likeness (QED) is 0.354. The Hall–Kier alpha value is -1.45. The molecule has 0 atom stereocenters. The van der Waals surface area contributed by atoms with Gasteiger partial charge in [0, 0.05) is 6.07 Å². The van der Waals surface area contributed by atoms with Gasteiger partial charge in [0.2, 0.25) is 0 Å². The summed E-state index contributed by atoms with van der Waals surface area (Å²) in [6.45, 7) is 0. The Morgan fingerprint density at radius 1 is 1.69 bits per heavy atom. The van der Waals surface area contributed by atoms with Crippen molar-refractivity contribution >= 4 is 29.2 Å². The molecule has 0 radical (unpaired) electrons. The molecule has 0 aliphatic rings. The van der Waals surface area contributed by atoms with Gasteiger partial charge in [0.1, 0.15) is 12.1 Å². The third-order valence-corrected chi connectivity index (χ3v) is 3.42. The van der Waals surface area contributed by atoms with E-state index in [1.54, 1.807) is 0 Å². The number of hydrazine groups is 1. The second-order valence-corrected chi connectivity index (χ2v) is 4.65. The lowest BCUT2D eigenvalue weighted by atomic mass is 10.4. The number of carbonyl (C=O) groups excluding carboxylic acids is 1. The standard InChI is InChI=1S/C7H7N5O2S2/c8-11-6(13)5-1-4(14-12-5)2-15-7-9-3-10-16-7/h1,3H,2,8H2,(H,11,13). The van der Waals surface area contributed by atoms with Crippen LogP contribution in [0.3, 0.4) is 0 Å². The summed E-state index contributed by atoms with van der Waals surface area (Å²) < 4.78 is 9.65. The average Bonchev–Trinajstić information content (AvgIpc) is 2.96. The number of carbonyl (C=O) groups is 1. The maximum Gasteiger partial charge on any atom is 0.287 e. The molecule has 84 valence electrons. The van der Waals surface area contributed by atoms with Crippen molar-refractivity contribution in [3.05, 3.63) is 23.8 Å². The Morgan fingerprint density at radius 3 is 3.25 bits per heavy atom. The van der Waals surface area contributed by atoms with E-state index >= 15 is 0 Å². The maximum atomic E-state index is 11.1. The number of nitrogens with zero attached hydrogens (tertiary/aromatic N) is 3. The van der Waals surface area contributed by atoms with E-state index in [0.29, 0.717) is 11.5 Å². The number of nitrogen functional groups attached to an aromatic ring is 1. The van der Waals surface area contributed by atoms with Gasteiger partial charge in [-0.3, -0.25) is 10.2 Å². The van der Waals surface area contributed by atoms with Crippen LogP contribution in [0.25, 0.3) is 0 Å². The molecule has 9 heteroatoms. The Morgan fingerprint density at radius 2 is 2.56 bits per heavy atom. The summed E-state index contributed by atoms with van der Waals surface area (Å²) in [4.78, 5) is 15.1. The van der Waals surface area contributed by atoms with Crippen LogP contribution in [0.4, 0.5) is 0 Å². The van der Waals surface area contributed by atoms with Crippen LogP contribution < -0.4 is 11.3 Å². The van der Waals surface area contributed by atoms with Crippen LogP contribution in [-0.4, -0.2) is 20.4 Å². The molecule has 0 aromatic carbocycles. The highest BCUT2D eigenvalue weighted by Gasteiger charge is 2.11. The third kappa shape index (κ3) is 2.56. The zero-order valence-electron chi connectivity index (χ0n) is 7.91. The summed E-state index contributed by atoms with van der Waals surface area (Å²) in [5.41, 5.74) is 2.14. The number of amides is 1. The fourth-order valence-electron chi connectivity index (χ4n) is 0.921. The lowest BCUT2D eigenvalue weighted by Crippen LogP contribution is -2.30. The lowest BCUT2D eigenvalue weighted by molar-refractivity contribution is 0.0944. The lowest BCUT2D eigenvalue weighted by Gasteiger charge is -1.90. The minimum atomic E-state index is -0.476. The van der Waals surface area contributed by atoms with E-state index in [-0.39, 0.29) is 5.69 Å². The van der Waals surface area contributed by atoms with Crippen molar-refractivity contribution in [2.24, 2.45) is 5.84 Å². The zero-order chi connectivity index (χ0) is 11.4. The van der Waals surface area contributed by atoms with E-state index in [0.717, 1.165) is 4.34 Å². The number of nitrogens with two attached hydrogens (primary N) is 1. The highest BCUT2D eigenvalue weighted by molar-refractivity contribution is 8.00. The monoisotopic (exact) mass is 257 g/mol. The molecule has 3 N–H and O–H groups in total. The predicted molar refractivity (Wildman–Crippen MR) is 57.6 cm³/mol. The number of aromatic nitrogens is 3. The molecule has 2 aromatic rings. The van der Waals surface area contributed by atoms with Crippen LogP contribution >= 0.6 is 23.3 Å². The molecule has 0 bridgehead atoms. The van der Waals surface area contributed by atoms with E-state index in [4.69, 9.17) is 10.4 Å². The number of hydrogen-bond donors (Lipinski definition) is 2. The van der Waals surface area contributed by atoms with Crippen molar-refractivity contribution in [2.75, 3.05) is 0 Å². The van der Waals surface area contributed by atoms with Crippen LogP contribution in [0.5, 0.6) is 0 Å². The summed E-state index contributed by atoms with van der Waals surface area (Å²) in [6.07, 6.45) is 1.49. The number of nitrogens with one attached hydrogen (secondary N) is 1. The van der Waals surface area contributed by atoms with Gasteiger partial charge in [-0.2, -0.15) is 4.37 Å². The van der Waals surface area contributed by atoms with Gasteiger partial charge in [0.05, 0.1) is 5.75 Å². The molecule has 1 amide bonds. The Kier molecular flexibility index (Phi) is 3.49. The van der Waals surface area contributed by atoms with Crippen molar-refractivity contribution in [3.8, 4) is 0 Å². The molecule has 0 saturated carbocycles. The van der Waals surface area contributed by atoms with Gasteiger partial charge in [0.15, 0.2) is 10.0 Å². The Balaban J connectivity index is 1.95. The Bertz CT molecular complexity index is 469. The second-order valence-electron chi connectivity index (χ2n) is 2.65. The van der Waals surface area contributed by atoms with Gasteiger partial charge >= 0.3 is 0 Å². The summed E-state index contributed by atoms with van der Waals surface area (Å²) in [6, 6.07) is 1.54. The summed E-state index contributed by atoms with van der Waals surface area (Å²) in [7, 11) is 0. The third-order valence-electron chi connectivity index (χ3n) is 1.60. The van der Waals surface area contributed by atoms with Crippen molar-refractivity contribution in [1.29, 1.82) is 0 Å². The fraction of sp³-hybridized carbons (Fsp3) is 0.143. The first-order chi connectivity index (χ1) is 7.79. The van der Waals surface area contributed by atoms with Gasteiger partial charge in [-0.25, -0.2) is 10.8 Å². The van der Waals surface area contributed by atoms with Crippen LogP contribution in [0.15, 0.2) is 21.3 Å². The van der Waals surface area contributed by atoms with Crippen molar-refractivity contribution in [3.63, 3.8) is 0 Å². The van der Waals surface area contributed by atoms with E-state index in [1.165, 1.54) is 35.7 Å². The van der Waals surface area contributed by atoms with Crippen molar-refractivity contribution in [2.45, 2.75) is 10.1 Å². The van der Waals surface area contributed by atoms with Crippen LogP contribution in [0.2, 0.25) is 0 Å². The molecule has 0 aliphatic carbocycles. The van der Waals surface area contributed by atoms with E-state index in [2.05, 4.69) is 14.5 Å². The predicted octanol–water partition coefficient (Wildman–Crippen LogP) is 0.422. The van der Waals surface area contributed by atoms with Crippen molar-refractivity contribution < 1.29 is 9.32 Å². The van der Waals surface area contributed by atoms with Gasteiger partial charge in [-0.15, -0.1) is 0 Å².